The summed E-state index contributed by atoms with van der Waals surface area (Å²) in [6, 6.07) is 10.5. The van der Waals surface area contributed by atoms with Gasteiger partial charge < -0.3 is 15.0 Å². The highest BCUT2D eigenvalue weighted by Crippen LogP contribution is 2.27. The Morgan fingerprint density at radius 2 is 1.97 bits per heavy atom. The summed E-state index contributed by atoms with van der Waals surface area (Å²) in [6.45, 7) is 0.580. The number of ketones is 1. The highest BCUT2D eigenvalue weighted by molar-refractivity contribution is 7.98. The Hall–Kier alpha value is -1.81. The molecule has 0 unspecified atom stereocenters. The summed E-state index contributed by atoms with van der Waals surface area (Å²) < 4.78 is 5.57. The van der Waals surface area contributed by atoms with Crippen LogP contribution in [0.3, 0.4) is 0 Å². The summed E-state index contributed by atoms with van der Waals surface area (Å²) in [5.41, 5.74) is 1.71. The van der Waals surface area contributed by atoms with E-state index in [9.17, 15) is 14.4 Å². The molecule has 0 saturated carbocycles. The lowest BCUT2D eigenvalue weighted by Gasteiger charge is -2.37. The molecule has 2 fully saturated rings. The number of fused-ring (bicyclic) bond motifs is 1. The van der Waals surface area contributed by atoms with E-state index in [1.54, 1.807) is 28.1 Å². The molecule has 4 rings (SSSR count). The number of ether oxygens (including phenoxy) is 1. The van der Waals surface area contributed by atoms with Gasteiger partial charge in [0.05, 0.1) is 11.7 Å². The molecule has 0 bridgehead atoms. The summed E-state index contributed by atoms with van der Waals surface area (Å²) in [5, 5.41) is 6.50. The van der Waals surface area contributed by atoms with Crippen molar-refractivity contribution in [2.24, 2.45) is 0 Å². The number of amides is 2. The van der Waals surface area contributed by atoms with Gasteiger partial charge in [-0.25, -0.2) is 0 Å². The van der Waals surface area contributed by atoms with E-state index in [-0.39, 0.29) is 58.7 Å². The minimum Gasteiger partial charge on any atom is -0.368 e. The molecule has 182 valence electrons. The van der Waals surface area contributed by atoms with E-state index in [2.05, 4.69) is 5.32 Å². The van der Waals surface area contributed by atoms with Crippen LogP contribution < -0.4 is 5.32 Å². The number of hydrogen-bond acceptors (Lipinski definition) is 6. The maximum absolute atomic E-state index is 13.4. The fraction of sp³-hybridized carbons (Fsp3) is 0.458. The molecule has 1 N–H and O–H groups in total. The van der Waals surface area contributed by atoms with Crippen LogP contribution in [0.4, 0.5) is 0 Å². The Morgan fingerprint density at radius 3 is 2.67 bits per heavy atom. The highest BCUT2D eigenvalue weighted by Gasteiger charge is 2.45. The first kappa shape index (κ1) is 29.2. The lowest BCUT2D eigenvalue weighted by Crippen LogP contribution is -2.58. The first-order valence-corrected chi connectivity index (χ1v) is 12.1. The van der Waals surface area contributed by atoms with Crippen molar-refractivity contribution in [1.29, 1.82) is 0 Å². The van der Waals surface area contributed by atoms with Crippen LogP contribution in [-0.2, 0) is 20.1 Å². The van der Waals surface area contributed by atoms with E-state index in [4.69, 9.17) is 4.74 Å². The number of thioether (sulfide) groups is 1. The Bertz CT molecular complexity index is 892. The van der Waals surface area contributed by atoms with Crippen molar-refractivity contribution in [3.05, 3.63) is 58.3 Å². The number of likely N-dealkylation sites (tertiary alicyclic amines) is 1. The van der Waals surface area contributed by atoms with E-state index in [0.717, 1.165) is 24.2 Å². The number of benzene rings is 1. The van der Waals surface area contributed by atoms with Crippen molar-refractivity contribution in [3.63, 3.8) is 0 Å². The Labute approximate surface area is 211 Å². The molecule has 2 aromatic rings. The van der Waals surface area contributed by atoms with Gasteiger partial charge in [-0.05, 0) is 29.9 Å². The van der Waals surface area contributed by atoms with Crippen molar-refractivity contribution in [3.8, 4) is 0 Å². The lowest BCUT2D eigenvalue weighted by molar-refractivity contribution is -0.141. The molecule has 0 aliphatic carbocycles. The molecular weight excluding hydrogens is 476 g/mol. The van der Waals surface area contributed by atoms with Crippen molar-refractivity contribution in [2.45, 2.75) is 51.6 Å². The van der Waals surface area contributed by atoms with Gasteiger partial charge in [0.1, 0.15) is 18.7 Å². The third-order valence-corrected chi connectivity index (χ3v) is 7.20. The topological polar surface area (TPSA) is 75.7 Å². The number of piperidine rings is 1. The van der Waals surface area contributed by atoms with Crippen molar-refractivity contribution in [2.75, 3.05) is 18.9 Å². The largest absolute Gasteiger partial charge is 0.368 e. The average Bonchev–Trinajstić information content (AvgIpc) is 3.44. The normalized spacial score (nSPS) is 19.9. The fourth-order valence-corrected chi connectivity index (χ4v) is 5.56. The zero-order valence-corrected chi connectivity index (χ0v) is 19.6. The van der Waals surface area contributed by atoms with E-state index in [1.807, 2.05) is 35.7 Å². The minimum atomic E-state index is -0.696. The molecular formula is C24H34N2O4S3. The quantitative estimate of drug-likeness (QED) is 0.606. The fourth-order valence-electron chi connectivity index (χ4n) is 3.92. The second kappa shape index (κ2) is 13.8. The van der Waals surface area contributed by atoms with Crippen LogP contribution in [0.5, 0.6) is 0 Å². The van der Waals surface area contributed by atoms with Gasteiger partial charge in [-0.2, -0.15) is 36.6 Å². The average molecular weight is 511 g/mol. The third-order valence-electron chi connectivity index (χ3n) is 5.41. The minimum absolute atomic E-state index is 0. The standard InChI is InChI=1S/C22H24N2O4S2.2CH4.H2S/c25-18-11-28-19-7-4-9-24(20(18)19)22(27)17(23-21(26)16-8-10-29-13-16)14-30-12-15-5-2-1-3-6-15;;;/h1-3,5-6,8,10,13,17,19-20H,4,7,9,11-12,14H2,(H,23,26);2*1H4;1H2/t17-,19+,20+;;;/m0.../s1. The summed E-state index contributed by atoms with van der Waals surface area (Å²) in [7, 11) is 0. The van der Waals surface area contributed by atoms with Crippen LogP contribution in [0.2, 0.25) is 0 Å². The Balaban J connectivity index is 0.00000181. The second-order valence-corrected chi connectivity index (χ2v) is 9.28. The monoisotopic (exact) mass is 510 g/mol. The zero-order chi connectivity index (χ0) is 20.9. The summed E-state index contributed by atoms with van der Waals surface area (Å²) in [6.07, 6.45) is 1.36. The third kappa shape index (κ3) is 7.09. The van der Waals surface area contributed by atoms with E-state index < -0.39 is 12.1 Å². The molecule has 3 atom stereocenters. The van der Waals surface area contributed by atoms with Crippen molar-refractivity contribution >= 4 is 54.2 Å². The molecule has 2 aliphatic rings. The SMILES string of the molecule is C.C.O=C(N[C@@H](CSCc1ccccc1)C(=O)N1CCC[C@H]2OCC(=O)[C@H]21)c1ccsc1.S. The van der Waals surface area contributed by atoms with E-state index in [0.29, 0.717) is 17.9 Å². The number of carbonyl (C=O) groups is 3. The predicted octanol–water partition coefficient (Wildman–Crippen LogP) is 4.12. The van der Waals surface area contributed by atoms with Gasteiger partial charge in [-0.3, -0.25) is 14.4 Å². The summed E-state index contributed by atoms with van der Waals surface area (Å²) >= 11 is 3.03. The molecule has 2 amide bonds. The summed E-state index contributed by atoms with van der Waals surface area (Å²) in [5.74, 6) is 0.664. The molecule has 1 aromatic heterocycles. The number of Topliss-reactive ketones (excluding diaryl/α,β-unsaturated/α-hetero) is 1. The second-order valence-electron chi connectivity index (χ2n) is 7.47. The summed E-state index contributed by atoms with van der Waals surface area (Å²) in [4.78, 5) is 40.1. The Morgan fingerprint density at radius 1 is 1.21 bits per heavy atom. The zero-order valence-electron chi connectivity index (χ0n) is 17.0. The predicted molar refractivity (Wildman–Crippen MR) is 142 cm³/mol. The van der Waals surface area contributed by atoms with Crippen LogP contribution in [-0.4, -0.2) is 59.6 Å². The van der Waals surface area contributed by atoms with Gasteiger partial charge in [0.15, 0.2) is 5.78 Å². The first-order valence-electron chi connectivity index (χ1n) is 10.0. The number of nitrogens with one attached hydrogen (secondary N) is 1. The first-order chi connectivity index (χ1) is 14.6. The maximum atomic E-state index is 13.4. The van der Waals surface area contributed by atoms with Crippen LogP contribution in [0.15, 0.2) is 47.2 Å². The van der Waals surface area contributed by atoms with Gasteiger partial charge in [-0.15, -0.1) is 0 Å². The van der Waals surface area contributed by atoms with Gasteiger partial charge in [0.2, 0.25) is 5.91 Å². The van der Waals surface area contributed by atoms with E-state index >= 15 is 0 Å². The number of carbonyl (C=O) groups excluding carboxylic acids is 3. The molecule has 3 heterocycles. The van der Waals surface area contributed by atoms with Crippen LogP contribution in [0.1, 0.15) is 43.6 Å². The van der Waals surface area contributed by atoms with Crippen molar-refractivity contribution < 1.29 is 19.1 Å². The van der Waals surface area contributed by atoms with Crippen LogP contribution >= 0.6 is 36.6 Å². The van der Waals surface area contributed by atoms with E-state index in [1.165, 1.54) is 11.3 Å². The van der Waals surface area contributed by atoms with Crippen LogP contribution in [0, 0.1) is 0 Å². The van der Waals surface area contributed by atoms with Gasteiger partial charge in [0, 0.05) is 23.4 Å². The molecule has 33 heavy (non-hydrogen) atoms. The van der Waals surface area contributed by atoms with Crippen LogP contribution in [0.25, 0.3) is 0 Å². The molecule has 2 saturated heterocycles. The Kier molecular flexibility index (Phi) is 12.2. The number of nitrogens with zero attached hydrogens (tertiary/aromatic N) is 1. The van der Waals surface area contributed by atoms with Gasteiger partial charge in [0.25, 0.3) is 5.91 Å². The van der Waals surface area contributed by atoms with Gasteiger partial charge >= 0.3 is 0 Å². The molecule has 0 radical (unpaired) electrons. The maximum Gasteiger partial charge on any atom is 0.252 e. The smallest absolute Gasteiger partial charge is 0.252 e. The molecule has 9 heteroatoms. The molecule has 0 spiro atoms. The molecule has 6 nitrogen and oxygen atoms in total. The van der Waals surface area contributed by atoms with Gasteiger partial charge in [-0.1, -0.05) is 45.2 Å². The molecule has 2 aliphatic heterocycles. The number of thiophene rings is 1. The lowest BCUT2D eigenvalue weighted by atomic mass is 9.97. The molecule has 1 aromatic carbocycles. The van der Waals surface area contributed by atoms with Crippen molar-refractivity contribution in [1.82, 2.24) is 10.2 Å². The number of hydrogen-bond donors (Lipinski definition) is 1. The number of rotatable bonds is 7. The highest BCUT2D eigenvalue weighted by atomic mass is 32.2.